The first kappa shape index (κ1) is 10.1. The molecule has 0 aromatic carbocycles. The van der Waals surface area contributed by atoms with Crippen molar-refractivity contribution in [2.24, 2.45) is 0 Å². The van der Waals surface area contributed by atoms with Gasteiger partial charge in [0.15, 0.2) is 0 Å². The predicted octanol–water partition coefficient (Wildman–Crippen LogP) is -0.124. The van der Waals surface area contributed by atoms with E-state index in [1.54, 1.807) is 0 Å². The summed E-state index contributed by atoms with van der Waals surface area (Å²) in [5.41, 5.74) is 0. The molecular weight excluding hydrogens is 153 g/mol. The summed E-state index contributed by atoms with van der Waals surface area (Å²) in [6.45, 7) is 2.96. The average molecular weight is 158 g/mol. The van der Waals surface area contributed by atoms with Gasteiger partial charge in [-0.2, -0.15) is 0 Å². The number of carbonyl (C=O) groups is 1. The summed E-state index contributed by atoms with van der Waals surface area (Å²) in [5, 5.41) is 7.60. The Labute approximate surface area is 85.0 Å². The number of rotatable bonds is 1. The van der Waals surface area contributed by atoms with Gasteiger partial charge in [0.2, 0.25) is 0 Å². The predicted molar refractivity (Wildman–Crippen MR) is 23.6 cm³/mol. The zero-order valence-electron chi connectivity index (χ0n) is 3.64. The van der Waals surface area contributed by atoms with Gasteiger partial charge < -0.3 is 5.11 Å². The number of carboxylic acids is 1. The molecule has 3 heteroatoms. The second-order valence-corrected chi connectivity index (χ2v) is 0.542. The van der Waals surface area contributed by atoms with Crippen LogP contribution in [0.1, 0.15) is 0 Å². The zero-order chi connectivity index (χ0) is 4.28. The standard InChI is InChI=1S/C3H4O2.Rb/c1-2-3(4)5;/h2H,1H2,(H,4,5);. The fraction of sp³-hybridized carbons (Fsp3) is 0. The molecule has 1 radical (unpaired) electrons. The van der Waals surface area contributed by atoms with E-state index in [4.69, 9.17) is 5.11 Å². The first-order valence-corrected chi connectivity index (χ1v) is 1.12. The molecule has 0 aliphatic heterocycles. The molecule has 29 valence electrons. The summed E-state index contributed by atoms with van der Waals surface area (Å²) >= 11 is 0. The van der Waals surface area contributed by atoms with Gasteiger partial charge in [-0.3, -0.25) is 0 Å². The van der Waals surface area contributed by atoms with E-state index in [1.807, 2.05) is 0 Å². The number of hydrogen-bond acceptors (Lipinski definition) is 1. The van der Waals surface area contributed by atoms with E-state index >= 15 is 0 Å². The molecule has 0 aliphatic carbocycles. The Hall–Kier alpha value is 1.02. The SMILES string of the molecule is C=CC(=O)O.[Rb]. The van der Waals surface area contributed by atoms with Crippen LogP contribution in [-0.4, -0.2) is 69.3 Å². The summed E-state index contributed by atoms with van der Waals surface area (Å²) < 4.78 is 0. The minimum absolute atomic E-state index is 0. The van der Waals surface area contributed by atoms with Gasteiger partial charge in [0, 0.05) is 64.3 Å². The molecule has 6 heavy (non-hydrogen) atoms. The largest absolute Gasteiger partial charge is 0.478 e. The van der Waals surface area contributed by atoms with Crippen LogP contribution in [0.15, 0.2) is 12.7 Å². The van der Waals surface area contributed by atoms with Gasteiger partial charge >= 0.3 is 5.97 Å². The third kappa shape index (κ3) is 8.89. The van der Waals surface area contributed by atoms with Crippen LogP contribution in [0, 0.1) is 0 Å². The molecule has 2 nitrogen and oxygen atoms in total. The van der Waals surface area contributed by atoms with Gasteiger partial charge in [0.25, 0.3) is 0 Å². The van der Waals surface area contributed by atoms with Gasteiger partial charge in [0.1, 0.15) is 0 Å². The van der Waals surface area contributed by atoms with Gasteiger partial charge in [-0.1, -0.05) is 6.58 Å². The maximum Gasteiger partial charge on any atom is 0.327 e. The summed E-state index contributed by atoms with van der Waals surface area (Å²) in [6, 6.07) is 0. The molecule has 0 saturated carbocycles. The third-order valence-corrected chi connectivity index (χ3v) is 0.175. The van der Waals surface area contributed by atoms with Crippen LogP contribution >= 0.6 is 0 Å². The molecule has 0 aliphatic rings. The second-order valence-electron chi connectivity index (χ2n) is 0.542. The van der Waals surface area contributed by atoms with Crippen LogP contribution in [0.25, 0.3) is 0 Å². The van der Waals surface area contributed by atoms with Crippen LogP contribution < -0.4 is 0 Å². The quantitative estimate of drug-likeness (QED) is 0.539. The van der Waals surface area contributed by atoms with E-state index in [1.165, 1.54) is 0 Å². The fourth-order valence-electron chi connectivity index (χ4n) is 0. The first-order chi connectivity index (χ1) is 2.27. The molecule has 0 spiro atoms. The maximum atomic E-state index is 9.25. The van der Waals surface area contributed by atoms with E-state index < -0.39 is 5.97 Å². The van der Waals surface area contributed by atoms with Crippen LogP contribution in [-0.2, 0) is 4.79 Å². The Bertz CT molecular complexity index is 59.8. The Morgan fingerprint density at radius 2 is 2.00 bits per heavy atom. The van der Waals surface area contributed by atoms with E-state index in [0.717, 1.165) is 6.08 Å². The van der Waals surface area contributed by atoms with Gasteiger partial charge in [-0.05, 0) is 0 Å². The number of aliphatic carboxylic acids is 1. The summed E-state index contributed by atoms with van der Waals surface area (Å²) in [4.78, 5) is 9.25. The van der Waals surface area contributed by atoms with Crippen LogP contribution in [0.4, 0.5) is 0 Å². The van der Waals surface area contributed by atoms with Crippen molar-refractivity contribution in [1.82, 2.24) is 0 Å². The van der Waals surface area contributed by atoms with E-state index in [9.17, 15) is 4.79 Å². The maximum absolute atomic E-state index is 9.25. The topological polar surface area (TPSA) is 37.3 Å². The van der Waals surface area contributed by atoms with Crippen molar-refractivity contribution in [2.45, 2.75) is 0 Å². The Morgan fingerprint density at radius 1 is 1.83 bits per heavy atom. The van der Waals surface area contributed by atoms with Crippen LogP contribution in [0.3, 0.4) is 0 Å². The monoisotopic (exact) mass is 157 g/mol. The second kappa shape index (κ2) is 6.02. The normalized spacial score (nSPS) is 5.33. The molecule has 0 rings (SSSR count). The van der Waals surface area contributed by atoms with E-state index in [-0.39, 0.29) is 58.2 Å². The number of hydrogen-bond donors (Lipinski definition) is 1. The van der Waals surface area contributed by atoms with Crippen molar-refractivity contribution in [3.05, 3.63) is 12.7 Å². The van der Waals surface area contributed by atoms with Gasteiger partial charge in [-0.25, -0.2) is 4.79 Å². The number of carboxylic acid groups (broad SMARTS) is 1. The van der Waals surface area contributed by atoms with Crippen molar-refractivity contribution < 1.29 is 9.90 Å². The summed E-state index contributed by atoms with van der Waals surface area (Å²) in [7, 11) is 0. The van der Waals surface area contributed by atoms with Crippen molar-refractivity contribution >= 4 is 64.2 Å². The molecule has 0 bridgehead atoms. The summed E-state index contributed by atoms with van der Waals surface area (Å²) in [5.74, 6) is -0.981. The van der Waals surface area contributed by atoms with Crippen molar-refractivity contribution in [3.8, 4) is 0 Å². The van der Waals surface area contributed by atoms with Crippen molar-refractivity contribution in [3.63, 3.8) is 0 Å². The molecule has 1 N–H and O–H groups in total. The van der Waals surface area contributed by atoms with Gasteiger partial charge in [-0.15, -0.1) is 0 Å². The minimum Gasteiger partial charge on any atom is -0.478 e. The molecule has 0 heterocycles. The molecule has 0 atom stereocenters. The fourth-order valence-corrected chi connectivity index (χ4v) is 0. The first-order valence-electron chi connectivity index (χ1n) is 1.12. The zero-order valence-corrected chi connectivity index (χ0v) is 8.56. The van der Waals surface area contributed by atoms with Crippen molar-refractivity contribution in [2.75, 3.05) is 0 Å². The third-order valence-electron chi connectivity index (χ3n) is 0.175. The smallest absolute Gasteiger partial charge is 0.327 e. The molecule has 0 aromatic heterocycles. The Morgan fingerprint density at radius 3 is 2.00 bits per heavy atom. The van der Waals surface area contributed by atoms with Crippen LogP contribution in [0.5, 0.6) is 0 Å². The average Bonchev–Trinajstić information content (AvgIpc) is 1.38. The molecule has 0 saturated heterocycles. The molecule has 0 aromatic rings. The molecular formula is C3H4O2Rb. The Balaban J connectivity index is 0. The summed E-state index contributed by atoms with van der Waals surface area (Å²) in [6.07, 6.45) is 0.833. The van der Waals surface area contributed by atoms with E-state index in [0.29, 0.717) is 0 Å². The van der Waals surface area contributed by atoms with E-state index in [2.05, 4.69) is 6.58 Å². The molecule has 0 unspecified atom stereocenters. The van der Waals surface area contributed by atoms with Crippen molar-refractivity contribution in [1.29, 1.82) is 0 Å². The molecule has 0 amide bonds. The molecule has 0 fully saturated rings. The van der Waals surface area contributed by atoms with Crippen LogP contribution in [0.2, 0.25) is 0 Å². The van der Waals surface area contributed by atoms with Gasteiger partial charge in [0.05, 0.1) is 0 Å². The minimum atomic E-state index is -0.981. The Kier molecular flexibility index (Phi) is 10.1.